The first-order valence-corrected chi connectivity index (χ1v) is 11.3. The predicted molar refractivity (Wildman–Crippen MR) is 113 cm³/mol. The van der Waals surface area contributed by atoms with Gasteiger partial charge in [-0.1, -0.05) is 0 Å². The number of amides is 1. The molecule has 170 valence electrons. The van der Waals surface area contributed by atoms with Gasteiger partial charge in [-0.05, 0) is 43.2 Å². The van der Waals surface area contributed by atoms with E-state index in [4.69, 9.17) is 14.9 Å². The molecule has 1 aromatic heterocycles. The molecule has 0 spiro atoms. The molecule has 0 bridgehead atoms. The van der Waals surface area contributed by atoms with Crippen molar-refractivity contribution in [1.82, 2.24) is 14.6 Å². The number of anilines is 1. The third kappa shape index (κ3) is 3.54. The van der Waals surface area contributed by atoms with E-state index in [1.165, 1.54) is 38.6 Å². The van der Waals surface area contributed by atoms with E-state index in [0.717, 1.165) is 10.4 Å². The lowest BCUT2D eigenvalue weighted by molar-refractivity contribution is -0.0120. The summed E-state index contributed by atoms with van der Waals surface area (Å²) < 4.78 is 52.3. The van der Waals surface area contributed by atoms with Crippen molar-refractivity contribution in [1.29, 1.82) is 5.41 Å². The zero-order valence-corrected chi connectivity index (χ0v) is 18.2. The normalized spacial score (nSPS) is 24.3. The van der Waals surface area contributed by atoms with E-state index in [1.807, 2.05) is 0 Å². The van der Waals surface area contributed by atoms with Crippen LogP contribution in [0.15, 0.2) is 36.5 Å². The summed E-state index contributed by atoms with van der Waals surface area (Å²) in [6.45, 7) is 0.190. The van der Waals surface area contributed by atoms with E-state index >= 15 is 4.39 Å². The van der Waals surface area contributed by atoms with Gasteiger partial charge in [0.2, 0.25) is 11.4 Å². The number of rotatable bonds is 4. The lowest BCUT2D eigenvalue weighted by Gasteiger charge is -2.49. The van der Waals surface area contributed by atoms with Gasteiger partial charge in [-0.2, -0.15) is 0 Å². The SMILES string of the molecule is COc1ccc(C(=O)Nc2ccc(F)c([C@]34CCCOC3S(=O)(=O)N(C)C(=N)N4)c2)nc1. The molecule has 3 N–H and O–H groups in total. The highest BCUT2D eigenvalue weighted by molar-refractivity contribution is 7.90. The molecular formula is C20H22FN5O5S. The smallest absolute Gasteiger partial charge is 0.274 e. The Kier molecular flexibility index (Phi) is 5.51. The average Bonchev–Trinajstić information content (AvgIpc) is 2.79. The molecule has 10 nitrogen and oxygen atoms in total. The number of guanidine groups is 1. The minimum absolute atomic E-state index is 0.0101. The second-order valence-electron chi connectivity index (χ2n) is 7.50. The van der Waals surface area contributed by atoms with Gasteiger partial charge < -0.3 is 20.1 Å². The summed E-state index contributed by atoms with van der Waals surface area (Å²) in [5.74, 6) is -1.11. The number of hydrogen-bond donors (Lipinski definition) is 3. The number of carbonyl (C=O) groups is 1. The number of halogens is 1. The molecule has 2 aromatic rings. The summed E-state index contributed by atoms with van der Waals surface area (Å²) in [5, 5.41) is 13.6. The van der Waals surface area contributed by atoms with Crippen LogP contribution in [0.25, 0.3) is 0 Å². The van der Waals surface area contributed by atoms with Gasteiger partial charge in [-0.25, -0.2) is 22.1 Å². The van der Waals surface area contributed by atoms with Crippen LogP contribution < -0.4 is 15.4 Å². The van der Waals surface area contributed by atoms with E-state index in [2.05, 4.69) is 15.6 Å². The number of hydrogen-bond acceptors (Lipinski definition) is 7. The number of pyridine rings is 1. The highest BCUT2D eigenvalue weighted by Gasteiger charge is 2.57. The maximum atomic E-state index is 15.0. The molecule has 2 saturated heterocycles. The van der Waals surface area contributed by atoms with Crippen molar-refractivity contribution >= 4 is 27.6 Å². The lowest BCUT2D eigenvalue weighted by atomic mass is 9.83. The fourth-order valence-corrected chi connectivity index (χ4v) is 5.60. The van der Waals surface area contributed by atoms with Crippen LogP contribution in [0.1, 0.15) is 28.9 Å². The van der Waals surface area contributed by atoms with Crippen molar-refractivity contribution in [3.63, 3.8) is 0 Å². The topological polar surface area (TPSA) is 134 Å². The van der Waals surface area contributed by atoms with Gasteiger partial charge in [0.15, 0.2) is 0 Å². The Morgan fingerprint density at radius 3 is 2.88 bits per heavy atom. The molecule has 0 aliphatic carbocycles. The van der Waals surface area contributed by atoms with Crippen LogP contribution >= 0.6 is 0 Å². The highest BCUT2D eigenvalue weighted by atomic mass is 32.2. The monoisotopic (exact) mass is 463 g/mol. The molecule has 0 radical (unpaired) electrons. The Balaban J connectivity index is 1.71. The van der Waals surface area contributed by atoms with Crippen LogP contribution in [0.5, 0.6) is 5.75 Å². The number of aromatic nitrogens is 1. The first-order valence-electron chi connectivity index (χ1n) is 9.76. The molecule has 12 heteroatoms. The maximum Gasteiger partial charge on any atom is 0.274 e. The quantitative estimate of drug-likeness (QED) is 0.627. The fourth-order valence-electron chi connectivity index (χ4n) is 3.93. The van der Waals surface area contributed by atoms with Gasteiger partial charge in [0.25, 0.3) is 15.9 Å². The number of methoxy groups -OCH3 is 1. The molecule has 3 heterocycles. The number of benzene rings is 1. The molecule has 2 aliphatic heterocycles. The number of ether oxygens (including phenoxy) is 2. The van der Waals surface area contributed by atoms with Crippen LogP contribution in [-0.4, -0.2) is 55.8 Å². The Bertz CT molecular complexity index is 1170. The van der Waals surface area contributed by atoms with Gasteiger partial charge in [-0.3, -0.25) is 10.2 Å². The fraction of sp³-hybridized carbons (Fsp3) is 0.350. The highest BCUT2D eigenvalue weighted by Crippen LogP contribution is 2.43. The summed E-state index contributed by atoms with van der Waals surface area (Å²) in [7, 11) is -1.35. The molecule has 1 aromatic carbocycles. The van der Waals surface area contributed by atoms with E-state index < -0.39 is 32.7 Å². The summed E-state index contributed by atoms with van der Waals surface area (Å²) in [6.07, 6.45) is 2.08. The van der Waals surface area contributed by atoms with Crippen LogP contribution in [0.3, 0.4) is 0 Å². The summed E-state index contributed by atoms with van der Waals surface area (Å²) in [6, 6.07) is 6.93. The number of carbonyl (C=O) groups excluding carboxylic acids is 1. The summed E-state index contributed by atoms with van der Waals surface area (Å²) >= 11 is 0. The molecular weight excluding hydrogens is 441 g/mol. The largest absolute Gasteiger partial charge is 0.495 e. The van der Waals surface area contributed by atoms with Crippen molar-refractivity contribution in [2.24, 2.45) is 0 Å². The average molecular weight is 463 g/mol. The van der Waals surface area contributed by atoms with Crippen LogP contribution in [0, 0.1) is 11.2 Å². The van der Waals surface area contributed by atoms with Crippen LogP contribution in [-0.2, 0) is 20.3 Å². The van der Waals surface area contributed by atoms with Gasteiger partial charge in [0.05, 0.1) is 13.3 Å². The minimum Gasteiger partial charge on any atom is -0.495 e. The van der Waals surface area contributed by atoms with Crippen molar-refractivity contribution in [2.75, 3.05) is 26.1 Å². The standard InChI is InChI=1S/C20H22FN5O5S/c1-26-19(22)25-20(8-3-9-31-18(20)32(26,28)29)14-10-12(4-6-15(14)21)24-17(27)16-7-5-13(30-2)11-23-16/h4-7,10-11,18H,3,8-9H2,1-2H3,(H2,22,25)(H,24,27)/t18?,20-/m1/s1. The molecule has 32 heavy (non-hydrogen) atoms. The molecule has 2 atom stereocenters. The van der Waals surface area contributed by atoms with Crippen molar-refractivity contribution in [3.8, 4) is 5.75 Å². The van der Waals surface area contributed by atoms with E-state index in [1.54, 1.807) is 6.07 Å². The molecule has 0 saturated carbocycles. The van der Waals surface area contributed by atoms with Gasteiger partial charge in [0.1, 0.15) is 22.8 Å². The molecule has 2 aliphatic rings. The summed E-state index contributed by atoms with van der Waals surface area (Å²) in [4.78, 5) is 16.6. The number of sulfonamides is 1. The van der Waals surface area contributed by atoms with Crippen LogP contribution in [0.4, 0.5) is 10.1 Å². The number of nitrogens with one attached hydrogen (secondary N) is 3. The van der Waals surface area contributed by atoms with Gasteiger partial charge in [-0.15, -0.1) is 0 Å². The third-order valence-corrected chi connectivity index (χ3v) is 7.63. The Morgan fingerprint density at radius 2 is 2.19 bits per heavy atom. The van der Waals surface area contributed by atoms with Crippen LogP contribution in [0.2, 0.25) is 0 Å². The van der Waals surface area contributed by atoms with Crippen molar-refractivity contribution in [3.05, 3.63) is 53.6 Å². The predicted octanol–water partition coefficient (Wildman–Crippen LogP) is 1.61. The second-order valence-corrected chi connectivity index (χ2v) is 9.50. The van der Waals surface area contributed by atoms with E-state index in [9.17, 15) is 13.2 Å². The van der Waals surface area contributed by atoms with E-state index in [-0.39, 0.29) is 35.9 Å². The zero-order chi connectivity index (χ0) is 23.1. The molecule has 1 unspecified atom stereocenters. The molecule has 1 amide bonds. The van der Waals surface area contributed by atoms with Gasteiger partial charge in [0, 0.05) is 24.9 Å². The Morgan fingerprint density at radius 1 is 1.41 bits per heavy atom. The Hall–Kier alpha value is -3.25. The number of nitrogens with zero attached hydrogens (tertiary/aromatic N) is 2. The lowest BCUT2D eigenvalue weighted by Crippen LogP contribution is -2.69. The first kappa shape index (κ1) is 22.0. The minimum atomic E-state index is -4.07. The maximum absolute atomic E-state index is 15.0. The number of fused-ring (bicyclic) bond motifs is 1. The first-order chi connectivity index (χ1) is 15.2. The zero-order valence-electron chi connectivity index (χ0n) is 17.4. The van der Waals surface area contributed by atoms with Crippen molar-refractivity contribution in [2.45, 2.75) is 23.8 Å². The molecule has 2 fully saturated rings. The Labute approximate surface area is 184 Å². The second kappa shape index (κ2) is 8.02. The van der Waals surface area contributed by atoms with E-state index in [0.29, 0.717) is 12.2 Å². The van der Waals surface area contributed by atoms with Gasteiger partial charge >= 0.3 is 0 Å². The van der Waals surface area contributed by atoms with Crippen molar-refractivity contribution < 1.29 is 27.1 Å². The summed E-state index contributed by atoms with van der Waals surface area (Å²) in [5.41, 5.74) is -2.58. The third-order valence-electron chi connectivity index (χ3n) is 5.61. The molecule has 4 rings (SSSR count).